The Labute approximate surface area is 123 Å². The number of hydrogen-bond acceptors (Lipinski definition) is 4. The molecule has 1 aromatic carbocycles. The summed E-state index contributed by atoms with van der Waals surface area (Å²) in [6, 6.07) is 2.68. The standard InChI is InChI=1S/C15H21FN2O3/c1-20-13-8-14(21-2)12(7-11(13)16)18-15(19)9-4-3-5-10(17)6-9/h7-10H,3-6,17H2,1-2H3,(H,18,19). The molecule has 2 rings (SSSR count). The molecule has 5 nitrogen and oxygen atoms in total. The van der Waals surface area contributed by atoms with E-state index in [0.717, 1.165) is 19.3 Å². The summed E-state index contributed by atoms with van der Waals surface area (Å²) in [6.45, 7) is 0. The van der Waals surface area contributed by atoms with Crippen LogP contribution in [0.25, 0.3) is 0 Å². The lowest BCUT2D eigenvalue weighted by Gasteiger charge is -2.26. The van der Waals surface area contributed by atoms with Crippen molar-refractivity contribution >= 4 is 11.6 Å². The van der Waals surface area contributed by atoms with E-state index in [9.17, 15) is 9.18 Å². The lowest BCUT2D eigenvalue weighted by molar-refractivity contribution is -0.120. The maximum atomic E-state index is 13.8. The van der Waals surface area contributed by atoms with Gasteiger partial charge in [-0.15, -0.1) is 0 Å². The summed E-state index contributed by atoms with van der Waals surface area (Å²) in [7, 11) is 2.83. The minimum absolute atomic E-state index is 0.0593. The highest BCUT2D eigenvalue weighted by atomic mass is 19.1. The molecule has 3 N–H and O–H groups in total. The van der Waals surface area contributed by atoms with Gasteiger partial charge < -0.3 is 20.5 Å². The molecule has 2 unspecified atom stereocenters. The first-order valence-corrected chi connectivity index (χ1v) is 7.03. The van der Waals surface area contributed by atoms with E-state index in [1.165, 1.54) is 26.4 Å². The Hall–Kier alpha value is -1.82. The number of rotatable bonds is 4. The van der Waals surface area contributed by atoms with Crippen LogP contribution in [0.4, 0.5) is 10.1 Å². The largest absolute Gasteiger partial charge is 0.494 e. The molecule has 2 atom stereocenters. The van der Waals surface area contributed by atoms with E-state index in [-0.39, 0.29) is 23.6 Å². The van der Waals surface area contributed by atoms with Crippen molar-refractivity contribution in [3.63, 3.8) is 0 Å². The van der Waals surface area contributed by atoms with E-state index in [1.807, 2.05) is 0 Å². The number of ether oxygens (including phenoxy) is 2. The monoisotopic (exact) mass is 296 g/mol. The smallest absolute Gasteiger partial charge is 0.227 e. The minimum atomic E-state index is -0.547. The van der Waals surface area contributed by atoms with Crippen LogP contribution in [-0.4, -0.2) is 26.2 Å². The molecule has 0 spiro atoms. The normalized spacial score (nSPS) is 21.7. The molecule has 6 heteroatoms. The van der Waals surface area contributed by atoms with Gasteiger partial charge in [0.2, 0.25) is 5.91 Å². The average molecular weight is 296 g/mol. The van der Waals surface area contributed by atoms with E-state index in [4.69, 9.17) is 15.2 Å². The molecule has 1 aliphatic rings. The third-order valence-electron chi connectivity index (χ3n) is 3.82. The molecular weight excluding hydrogens is 275 g/mol. The Morgan fingerprint density at radius 3 is 2.62 bits per heavy atom. The van der Waals surface area contributed by atoms with Crippen LogP contribution in [0.15, 0.2) is 12.1 Å². The number of halogens is 1. The first-order chi connectivity index (χ1) is 10.0. The van der Waals surface area contributed by atoms with E-state index >= 15 is 0 Å². The number of carbonyl (C=O) groups excluding carboxylic acids is 1. The lowest BCUT2D eigenvalue weighted by atomic mass is 9.85. The number of anilines is 1. The maximum absolute atomic E-state index is 13.8. The fraction of sp³-hybridized carbons (Fsp3) is 0.533. The van der Waals surface area contributed by atoms with Gasteiger partial charge in [-0.25, -0.2) is 4.39 Å². The van der Waals surface area contributed by atoms with Crippen LogP contribution in [0.2, 0.25) is 0 Å². The summed E-state index contributed by atoms with van der Waals surface area (Å²) in [5, 5.41) is 2.73. The van der Waals surface area contributed by atoms with Gasteiger partial charge in [0.15, 0.2) is 11.6 Å². The highest BCUT2D eigenvalue weighted by molar-refractivity contribution is 5.94. The second-order valence-electron chi connectivity index (χ2n) is 5.30. The van der Waals surface area contributed by atoms with Gasteiger partial charge in [0.25, 0.3) is 0 Å². The summed E-state index contributed by atoms with van der Waals surface area (Å²) in [4.78, 5) is 12.3. The van der Waals surface area contributed by atoms with E-state index in [1.54, 1.807) is 0 Å². The van der Waals surface area contributed by atoms with Crippen molar-refractivity contribution in [3.05, 3.63) is 17.9 Å². The van der Waals surface area contributed by atoms with Gasteiger partial charge in [0, 0.05) is 24.1 Å². The molecule has 0 radical (unpaired) electrons. The van der Waals surface area contributed by atoms with E-state index in [2.05, 4.69) is 5.32 Å². The van der Waals surface area contributed by atoms with Gasteiger partial charge in [-0.3, -0.25) is 4.79 Å². The molecule has 1 fully saturated rings. The van der Waals surface area contributed by atoms with Crippen molar-refractivity contribution in [3.8, 4) is 11.5 Å². The van der Waals surface area contributed by atoms with Crippen molar-refractivity contribution in [2.24, 2.45) is 11.7 Å². The molecule has 0 saturated heterocycles. The van der Waals surface area contributed by atoms with E-state index in [0.29, 0.717) is 17.9 Å². The minimum Gasteiger partial charge on any atom is -0.494 e. The third kappa shape index (κ3) is 3.64. The summed E-state index contributed by atoms with van der Waals surface area (Å²) < 4.78 is 23.8. The van der Waals surface area contributed by atoms with Crippen LogP contribution >= 0.6 is 0 Å². The maximum Gasteiger partial charge on any atom is 0.227 e. The highest BCUT2D eigenvalue weighted by Crippen LogP contribution is 2.33. The predicted octanol–water partition coefficient (Wildman–Crippen LogP) is 2.30. The number of hydrogen-bond donors (Lipinski definition) is 2. The molecule has 0 heterocycles. The second kappa shape index (κ2) is 6.76. The Bertz CT molecular complexity index is 522. The summed E-state index contributed by atoms with van der Waals surface area (Å²) >= 11 is 0. The van der Waals surface area contributed by atoms with Gasteiger partial charge in [0.05, 0.1) is 19.9 Å². The van der Waals surface area contributed by atoms with Gasteiger partial charge >= 0.3 is 0 Å². The SMILES string of the molecule is COc1cc(OC)c(NC(=O)C2CCCC(N)C2)cc1F. The van der Waals surface area contributed by atoms with Gasteiger partial charge in [-0.1, -0.05) is 6.42 Å². The number of amides is 1. The predicted molar refractivity (Wildman–Crippen MR) is 78.1 cm³/mol. The molecule has 1 aromatic rings. The molecular formula is C15H21FN2O3. The highest BCUT2D eigenvalue weighted by Gasteiger charge is 2.26. The average Bonchev–Trinajstić information content (AvgIpc) is 2.47. The van der Waals surface area contributed by atoms with Gasteiger partial charge in [-0.05, 0) is 19.3 Å². The number of benzene rings is 1. The second-order valence-corrected chi connectivity index (χ2v) is 5.30. The van der Waals surface area contributed by atoms with Gasteiger partial charge in [0.1, 0.15) is 5.75 Å². The number of carbonyl (C=O) groups is 1. The summed E-state index contributed by atoms with van der Waals surface area (Å²) in [6.07, 6.45) is 3.35. The number of nitrogens with one attached hydrogen (secondary N) is 1. The lowest BCUT2D eigenvalue weighted by Crippen LogP contribution is -2.34. The first-order valence-electron chi connectivity index (χ1n) is 7.03. The van der Waals surface area contributed by atoms with Crippen LogP contribution < -0.4 is 20.5 Å². The zero-order valence-corrected chi connectivity index (χ0v) is 12.3. The van der Waals surface area contributed by atoms with Crippen LogP contribution in [0, 0.1) is 11.7 Å². The Morgan fingerprint density at radius 2 is 2.00 bits per heavy atom. The van der Waals surface area contributed by atoms with Crippen molar-refractivity contribution in [1.29, 1.82) is 0 Å². The van der Waals surface area contributed by atoms with E-state index < -0.39 is 5.82 Å². The molecule has 1 amide bonds. The molecule has 116 valence electrons. The topological polar surface area (TPSA) is 73.6 Å². The molecule has 0 bridgehead atoms. The molecule has 1 saturated carbocycles. The van der Waals surface area contributed by atoms with Crippen LogP contribution in [0.3, 0.4) is 0 Å². The zero-order chi connectivity index (χ0) is 15.4. The first kappa shape index (κ1) is 15.6. The Kier molecular flexibility index (Phi) is 5.01. The van der Waals surface area contributed by atoms with Gasteiger partial charge in [-0.2, -0.15) is 0 Å². The Balaban J connectivity index is 2.14. The van der Waals surface area contributed by atoms with Crippen molar-refractivity contribution in [1.82, 2.24) is 0 Å². The summed E-state index contributed by atoms with van der Waals surface area (Å²) in [5.74, 6) is -0.392. The molecule has 0 aromatic heterocycles. The fourth-order valence-electron chi connectivity index (χ4n) is 2.66. The molecule has 21 heavy (non-hydrogen) atoms. The van der Waals surface area contributed by atoms with Crippen LogP contribution in [-0.2, 0) is 4.79 Å². The zero-order valence-electron chi connectivity index (χ0n) is 12.3. The van der Waals surface area contributed by atoms with Crippen LogP contribution in [0.5, 0.6) is 11.5 Å². The number of methoxy groups -OCH3 is 2. The summed E-state index contributed by atoms with van der Waals surface area (Å²) in [5.41, 5.74) is 6.20. The molecule has 0 aliphatic heterocycles. The number of nitrogens with two attached hydrogens (primary N) is 1. The molecule has 1 aliphatic carbocycles. The quantitative estimate of drug-likeness (QED) is 0.894. The van der Waals surface area contributed by atoms with Crippen molar-refractivity contribution < 1.29 is 18.7 Å². The third-order valence-corrected chi connectivity index (χ3v) is 3.82. The fourth-order valence-corrected chi connectivity index (χ4v) is 2.66. The van der Waals surface area contributed by atoms with Crippen LogP contribution in [0.1, 0.15) is 25.7 Å². The van der Waals surface area contributed by atoms with Crippen molar-refractivity contribution in [2.45, 2.75) is 31.7 Å². The Morgan fingerprint density at radius 1 is 1.29 bits per heavy atom. The van der Waals surface area contributed by atoms with Crippen molar-refractivity contribution in [2.75, 3.05) is 19.5 Å².